The Labute approximate surface area is 142 Å². The van der Waals surface area contributed by atoms with Crippen LogP contribution in [0.5, 0.6) is 0 Å². The zero-order valence-electron chi connectivity index (χ0n) is 10.2. The lowest BCUT2D eigenvalue weighted by molar-refractivity contribution is -0.119. The molecule has 0 saturated heterocycles. The number of thiocarbonyl (C=S) groups is 1. The molecule has 0 aliphatic carbocycles. The second kappa shape index (κ2) is 7.52. The Balaban J connectivity index is 2.69. The Bertz CT molecular complexity index is 507. The summed E-state index contributed by atoms with van der Waals surface area (Å²) in [4.78, 5) is 11.1. The van der Waals surface area contributed by atoms with Gasteiger partial charge >= 0.3 is 0 Å². The first-order valence-corrected chi connectivity index (χ1v) is 7.27. The molecule has 1 aromatic carbocycles. The van der Waals surface area contributed by atoms with E-state index in [0.717, 1.165) is 0 Å². The highest BCUT2D eigenvalue weighted by atomic mass is 35.6. The van der Waals surface area contributed by atoms with E-state index in [1.807, 2.05) is 0 Å². The van der Waals surface area contributed by atoms with Gasteiger partial charge < -0.3 is 16.0 Å². The molecule has 0 radical (unpaired) electrons. The van der Waals surface area contributed by atoms with Gasteiger partial charge in [0.05, 0.1) is 0 Å². The average Bonchev–Trinajstić information content (AvgIpc) is 2.26. The van der Waals surface area contributed by atoms with E-state index in [1.165, 1.54) is 6.92 Å². The fraction of sp³-hybridized carbons (Fsp3) is 0.273. The summed E-state index contributed by atoms with van der Waals surface area (Å²) in [5, 5.41) is 8.75. The van der Waals surface area contributed by atoms with Gasteiger partial charge in [-0.3, -0.25) is 4.79 Å². The number of carbonyl (C=O) groups excluding carboxylic acids is 1. The molecule has 0 aliphatic rings. The molecular formula is C11H11Cl4N3OS. The number of benzene rings is 1. The first kappa shape index (κ1) is 17.6. The van der Waals surface area contributed by atoms with Crippen molar-refractivity contribution >= 4 is 75.3 Å². The lowest BCUT2D eigenvalue weighted by atomic mass is 10.3. The normalized spacial score (nSPS) is 12.4. The number of hydrogen-bond acceptors (Lipinski definition) is 2. The van der Waals surface area contributed by atoms with E-state index in [-0.39, 0.29) is 11.0 Å². The van der Waals surface area contributed by atoms with E-state index in [0.29, 0.717) is 10.7 Å². The minimum Gasteiger partial charge on any atom is -0.339 e. The van der Waals surface area contributed by atoms with Crippen LogP contribution in [-0.4, -0.2) is 21.0 Å². The number of amides is 1. The summed E-state index contributed by atoms with van der Waals surface area (Å²) in [5.74, 6) is -0.362. The molecule has 1 amide bonds. The zero-order chi connectivity index (χ0) is 15.3. The fourth-order valence-corrected chi connectivity index (χ4v) is 2.02. The van der Waals surface area contributed by atoms with Crippen LogP contribution in [0.3, 0.4) is 0 Å². The predicted octanol–water partition coefficient (Wildman–Crippen LogP) is 3.46. The summed E-state index contributed by atoms with van der Waals surface area (Å²) in [7, 11) is 0. The minimum absolute atomic E-state index is 0.178. The van der Waals surface area contributed by atoms with E-state index in [4.69, 9.17) is 58.6 Å². The number of rotatable bonds is 3. The maximum Gasteiger partial charge on any atom is 0.228 e. The summed E-state index contributed by atoms with van der Waals surface area (Å²) in [6.07, 6.45) is -0.968. The highest BCUT2D eigenvalue weighted by Crippen LogP contribution is 2.29. The summed E-state index contributed by atoms with van der Waals surface area (Å²) >= 11 is 28.2. The molecule has 20 heavy (non-hydrogen) atoms. The third-order valence-corrected chi connectivity index (χ3v) is 3.14. The smallest absolute Gasteiger partial charge is 0.228 e. The van der Waals surface area contributed by atoms with Crippen LogP contribution in [0.15, 0.2) is 24.3 Å². The molecule has 1 atom stereocenters. The average molecular weight is 375 g/mol. The molecule has 0 bridgehead atoms. The molecule has 0 aliphatic heterocycles. The molecule has 4 nitrogen and oxygen atoms in total. The molecule has 0 heterocycles. The standard InChI is InChI=1S/C11H11Cl4N3OS/c1-6(19)16-9(11(13,14)15)18-10(20)17-8-4-2-3-7(12)5-8/h2-5,9H,1H3,(H,16,19)(H2,17,18,20). The molecular weight excluding hydrogens is 364 g/mol. The van der Waals surface area contributed by atoms with Crippen molar-refractivity contribution in [1.82, 2.24) is 10.6 Å². The third-order valence-electron chi connectivity index (χ3n) is 2.03. The Hall–Kier alpha value is -0.460. The van der Waals surface area contributed by atoms with Gasteiger partial charge in [-0.15, -0.1) is 0 Å². The number of nitrogens with one attached hydrogen (secondary N) is 3. The van der Waals surface area contributed by atoms with Gasteiger partial charge in [0.2, 0.25) is 9.70 Å². The van der Waals surface area contributed by atoms with Gasteiger partial charge in [0.1, 0.15) is 6.17 Å². The summed E-state index contributed by atoms with van der Waals surface area (Å²) in [5.41, 5.74) is 0.667. The highest BCUT2D eigenvalue weighted by molar-refractivity contribution is 7.80. The van der Waals surface area contributed by atoms with Crippen molar-refractivity contribution in [3.05, 3.63) is 29.3 Å². The van der Waals surface area contributed by atoms with Crippen LogP contribution >= 0.6 is 58.6 Å². The monoisotopic (exact) mass is 373 g/mol. The van der Waals surface area contributed by atoms with Crippen LogP contribution in [0.4, 0.5) is 5.69 Å². The van der Waals surface area contributed by atoms with Crippen molar-refractivity contribution in [2.45, 2.75) is 16.9 Å². The van der Waals surface area contributed by atoms with Crippen molar-refractivity contribution in [3.63, 3.8) is 0 Å². The topological polar surface area (TPSA) is 53.2 Å². The maximum atomic E-state index is 11.1. The lowest BCUT2D eigenvalue weighted by Gasteiger charge is -2.27. The van der Waals surface area contributed by atoms with Gasteiger partial charge in [-0.1, -0.05) is 52.5 Å². The molecule has 1 aromatic rings. The van der Waals surface area contributed by atoms with Crippen molar-refractivity contribution in [1.29, 1.82) is 0 Å². The van der Waals surface area contributed by atoms with Crippen molar-refractivity contribution in [2.75, 3.05) is 5.32 Å². The van der Waals surface area contributed by atoms with Crippen LogP contribution in [0.2, 0.25) is 5.02 Å². The minimum atomic E-state index is -1.76. The molecule has 0 aromatic heterocycles. The largest absolute Gasteiger partial charge is 0.339 e. The number of halogens is 4. The van der Waals surface area contributed by atoms with Crippen LogP contribution in [0.1, 0.15) is 6.92 Å². The zero-order valence-corrected chi connectivity index (χ0v) is 14.1. The van der Waals surface area contributed by atoms with Crippen LogP contribution in [0, 0.1) is 0 Å². The number of anilines is 1. The van der Waals surface area contributed by atoms with E-state index < -0.39 is 9.96 Å². The van der Waals surface area contributed by atoms with E-state index in [9.17, 15) is 4.79 Å². The molecule has 110 valence electrons. The quantitative estimate of drug-likeness (QED) is 0.430. The van der Waals surface area contributed by atoms with Crippen LogP contribution < -0.4 is 16.0 Å². The molecule has 9 heteroatoms. The summed E-state index contributed by atoms with van der Waals surface area (Å²) in [6, 6.07) is 6.93. The predicted molar refractivity (Wildman–Crippen MR) is 88.7 cm³/mol. The molecule has 1 rings (SSSR count). The lowest BCUT2D eigenvalue weighted by Crippen LogP contribution is -2.55. The second-order valence-corrected chi connectivity index (χ2v) is 7.00. The molecule has 0 spiro atoms. The van der Waals surface area contributed by atoms with Gasteiger partial charge in [-0.25, -0.2) is 0 Å². The maximum absolute atomic E-state index is 11.1. The first-order chi connectivity index (χ1) is 9.18. The van der Waals surface area contributed by atoms with Crippen molar-refractivity contribution in [2.24, 2.45) is 0 Å². The van der Waals surface area contributed by atoms with Gasteiger partial charge in [0.25, 0.3) is 0 Å². The number of alkyl halides is 3. The van der Waals surface area contributed by atoms with Gasteiger partial charge in [0.15, 0.2) is 5.11 Å². The first-order valence-electron chi connectivity index (χ1n) is 5.35. The summed E-state index contributed by atoms with van der Waals surface area (Å²) < 4.78 is -1.76. The van der Waals surface area contributed by atoms with E-state index >= 15 is 0 Å². The molecule has 3 N–H and O–H groups in total. The Kier molecular flexibility index (Phi) is 6.61. The van der Waals surface area contributed by atoms with Gasteiger partial charge in [0, 0.05) is 17.6 Å². The fourth-order valence-electron chi connectivity index (χ4n) is 1.27. The van der Waals surface area contributed by atoms with Crippen molar-refractivity contribution < 1.29 is 4.79 Å². The van der Waals surface area contributed by atoms with Crippen molar-refractivity contribution in [3.8, 4) is 0 Å². The van der Waals surface area contributed by atoms with Crippen LogP contribution in [0.25, 0.3) is 0 Å². The molecule has 1 unspecified atom stereocenters. The SMILES string of the molecule is CC(=O)NC(NC(=S)Nc1cccc(Cl)c1)C(Cl)(Cl)Cl. The Morgan fingerprint density at radius 3 is 2.45 bits per heavy atom. The van der Waals surface area contributed by atoms with E-state index in [2.05, 4.69) is 16.0 Å². The highest BCUT2D eigenvalue weighted by Gasteiger charge is 2.33. The third kappa shape index (κ3) is 6.33. The van der Waals surface area contributed by atoms with Gasteiger partial charge in [-0.05, 0) is 30.4 Å². The molecule has 0 saturated carbocycles. The van der Waals surface area contributed by atoms with Gasteiger partial charge in [-0.2, -0.15) is 0 Å². The van der Waals surface area contributed by atoms with E-state index in [1.54, 1.807) is 24.3 Å². The van der Waals surface area contributed by atoms with Crippen LogP contribution in [-0.2, 0) is 4.79 Å². The molecule has 0 fully saturated rings. The second-order valence-electron chi connectivity index (χ2n) is 3.78. The Morgan fingerprint density at radius 1 is 1.30 bits per heavy atom. The number of hydrogen-bond donors (Lipinski definition) is 3. The Morgan fingerprint density at radius 2 is 1.95 bits per heavy atom. The summed E-state index contributed by atoms with van der Waals surface area (Å²) in [6.45, 7) is 1.30. The number of carbonyl (C=O) groups is 1.